The van der Waals surface area contributed by atoms with E-state index in [1.807, 2.05) is 0 Å². The number of benzene rings is 3. The van der Waals surface area contributed by atoms with Gasteiger partial charge in [-0.1, -0.05) is 50.7 Å². The maximum atomic E-state index is 12.4. The van der Waals surface area contributed by atoms with Crippen LogP contribution in [0.4, 0.5) is 0 Å². The van der Waals surface area contributed by atoms with E-state index in [1.54, 1.807) is 61.5 Å². The Morgan fingerprint density at radius 3 is 2.33 bits per heavy atom. The van der Waals surface area contributed by atoms with E-state index in [1.165, 1.54) is 12.3 Å². The summed E-state index contributed by atoms with van der Waals surface area (Å²) in [4.78, 5) is 24.8. The van der Waals surface area contributed by atoms with Crippen molar-refractivity contribution in [3.8, 4) is 11.5 Å². The van der Waals surface area contributed by atoms with Gasteiger partial charge < -0.3 is 9.47 Å². The van der Waals surface area contributed by atoms with Gasteiger partial charge in [-0.05, 0) is 67.6 Å². The van der Waals surface area contributed by atoms with Crippen molar-refractivity contribution in [2.75, 3.05) is 0 Å². The van der Waals surface area contributed by atoms with E-state index in [0.717, 1.165) is 4.47 Å². The first kappa shape index (κ1) is 25.1. The van der Waals surface area contributed by atoms with Crippen molar-refractivity contribution in [1.82, 2.24) is 5.43 Å². The first-order valence-electron chi connectivity index (χ1n) is 9.45. The van der Waals surface area contributed by atoms with Crippen molar-refractivity contribution < 1.29 is 19.1 Å². The minimum atomic E-state index is -0.884. The lowest BCUT2D eigenvalue weighted by Gasteiger charge is -2.14. The summed E-state index contributed by atoms with van der Waals surface area (Å²) < 4.78 is 11.8. The molecule has 170 valence electrons. The maximum Gasteiger partial charge on any atom is 0.343 e. The summed E-state index contributed by atoms with van der Waals surface area (Å²) in [5.74, 6) is -0.494. The molecule has 3 aromatic carbocycles. The Morgan fingerprint density at radius 2 is 1.64 bits per heavy atom. The molecule has 1 unspecified atom stereocenters. The standard InChI is InChI=1S/C23H16BrCl3N2O4/c1-13(32-21-9-7-18(26)11-19(21)27)22(30)29-28-12-15-10-16(24)4-8-20(15)33-23(31)14-2-5-17(25)6-3-14/h2-13H,1H3,(H,29,30)/b28-12+. The Hall–Kier alpha value is -2.58. The molecule has 0 aromatic heterocycles. The minimum Gasteiger partial charge on any atom is -0.479 e. The Labute approximate surface area is 213 Å². The van der Waals surface area contributed by atoms with Gasteiger partial charge in [0, 0.05) is 20.1 Å². The largest absolute Gasteiger partial charge is 0.479 e. The highest BCUT2D eigenvalue weighted by Crippen LogP contribution is 2.28. The summed E-state index contributed by atoms with van der Waals surface area (Å²) in [5.41, 5.74) is 3.18. The molecule has 0 heterocycles. The molecule has 3 rings (SSSR count). The molecule has 0 spiro atoms. The zero-order chi connectivity index (χ0) is 24.0. The van der Waals surface area contributed by atoms with Crippen LogP contribution in [0.2, 0.25) is 15.1 Å². The number of esters is 1. The summed E-state index contributed by atoms with van der Waals surface area (Å²) >= 11 is 21.1. The van der Waals surface area contributed by atoms with Gasteiger partial charge in [0.2, 0.25) is 0 Å². The van der Waals surface area contributed by atoms with Gasteiger partial charge in [-0.15, -0.1) is 0 Å². The molecule has 0 saturated heterocycles. The monoisotopic (exact) mass is 568 g/mol. The Kier molecular flexibility index (Phi) is 8.74. The fourth-order valence-electron chi connectivity index (χ4n) is 2.53. The average Bonchev–Trinajstić information content (AvgIpc) is 2.77. The summed E-state index contributed by atoms with van der Waals surface area (Å²) in [7, 11) is 0. The molecule has 0 saturated carbocycles. The van der Waals surface area contributed by atoms with Gasteiger partial charge in [0.05, 0.1) is 16.8 Å². The fourth-order valence-corrected chi connectivity index (χ4v) is 3.49. The van der Waals surface area contributed by atoms with Crippen molar-refractivity contribution in [2.24, 2.45) is 5.10 Å². The zero-order valence-corrected chi connectivity index (χ0v) is 20.9. The molecule has 0 aliphatic carbocycles. The molecule has 1 amide bonds. The third-order valence-corrected chi connectivity index (χ3v) is 5.48. The molecule has 0 radical (unpaired) electrons. The molecule has 0 fully saturated rings. The number of hydrogen-bond acceptors (Lipinski definition) is 5. The minimum absolute atomic E-state index is 0.258. The Bertz CT molecular complexity index is 1200. The topological polar surface area (TPSA) is 77.0 Å². The first-order chi connectivity index (χ1) is 15.7. The number of carbonyl (C=O) groups excluding carboxylic acids is 2. The number of nitrogens with one attached hydrogen (secondary N) is 1. The first-order valence-corrected chi connectivity index (χ1v) is 11.4. The average molecular weight is 571 g/mol. The molecule has 1 atom stereocenters. The van der Waals surface area contributed by atoms with E-state index in [9.17, 15) is 9.59 Å². The third-order valence-electron chi connectivity index (χ3n) is 4.20. The third kappa shape index (κ3) is 7.20. The SMILES string of the molecule is CC(Oc1ccc(Cl)cc1Cl)C(=O)N/N=C/c1cc(Br)ccc1OC(=O)c1ccc(Cl)cc1. The van der Waals surface area contributed by atoms with Crippen LogP contribution in [0.15, 0.2) is 70.2 Å². The van der Waals surface area contributed by atoms with Gasteiger partial charge in [0.15, 0.2) is 6.10 Å². The number of amides is 1. The summed E-state index contributed by atoms with van der Waals surface area (Å²) in [6.07, 6.45) is 0.473. The van der Waals surface area contributed by atoms with Crippen LogP contribution in [0.3, 0.4) is 0 Å². The van der Waals surface area contributed by atoms with Crippen LogP contribution in [-0.2, 0) is 4.79 Å². The fraction of sp³-hybridized carbons (Fsp3) is 0.0870. The summed E-state index contributed by atoms with van der Waals surface area (Å²) in [5, 5.41) is 5.19. The highest BCUT2D eigenvalue weighted by Gasteiger charge is 2.16. The predicted octanol–water partition coefficient (Wildman–Crippen LogP) is 6.55. The second kappa shape index (κ2) is 11.5. The van der Waals surface area contributed by atoms with Gasteiger partial charge in [-0.25, -0.2) is 10.2 Å². The van der Waals surface area contributed by atoms with Crippen LogP contribution >= 0.6 is 50.7 Å². The number of hydrogen-bond donors (Lipinski definition) is 1. The van der Waals surface area contributed by atoms with E-state index in [4.69, 9.17) is 44.3 Å². The molecular formula is C23H16BrCl3N2O4. The molecule has 6 nitrogen and oxygen atoms in total. The second-order valence-corrected chi connectivity index (χ2v) is 8.84. The number of rotatable bonds is 7. The van der Waals surface area contributed by atoms with Crippen LogP contribution < -0.4 is 14.9 Å². The summed E-state index contributed by atoms with van der Waals surface area (Å²) in [6.45, 7) is 1.55. The number of halogens is 4. The molecule has 1 N–H and O–H groups in total. The number of carbonyl (C=O) groups is 2. The molecule has 33 heavy (non-hydrogen) atoms. The van der Waals surface area contributed by atoms with E-state index in [0.29, 0.717) is 26.9 Å². The van der Waals surface area contributed by atoms with Crippen LogP contribution in [0.25, 0.3) is 0 Å². The van der Waals surface area contributed by atoms with Crippen molar-refractivity contribution >= 4 is 68.8 Å². The highest BCUT2D eigenvalue weighted by molar-refractivity contribution is 9.10. The molecule has 0 aliphatic rings. The van der Waals surface area contributed by atoms with Gasteiger partial charge in [0.1, 0.15) is 11.5 Å². The van der Waals surface area contributed by atoms with Crippen LogP contribution in [0.1, 0.15) is 22.8 Å². The smallest absolute Gasteiger partial charge is 0.343 e. The quantitative estimate of drug-likeness (QED) is 0.151. The van der Waals surface area contributed by atoms with Crippen molar-refractivity contribution in [3.63, 3.8) is 0 Å². The normalized spacial score (nSPS) is 11.8. The number of nitrogens with zero attached hydrogens (tertiary/aromatic N) is 1. The molecule has 3 aromatic rings. The van der Waals surface area contributed by atoms with Crippen LogP contribution in [-0.4, -0.2) is 24.2 Å². The van der Waals surface area contributed by atoms with Crippen LogP contribution in [0.5, 0.6) is 11.5 Å². The van der Waals surface area contributed by atoms with Crippen molar-refractivity contribution in [1.29, 1.82) is 0 Å². The molecule has 0 bridgehead atoms. The molecular weight excluding hydrogens is 555 g/mol. The number of ether oxygens (including phenoxy) is 2. The van der Waals surface area contributed by atoms with E-state index in [-0.39, 0.29) is 10.8 Å². The Morgan fingerprint density at radius 1 is 0.970 bits per heavy atom. The summed E-state index contributed by atoms with van der Waals surface area (Å²) in [6, 6.07) is 16.0. The van der Waals surface area contributed by atoms with Crippen LogP contribution in [0, 0.1) is 0 Å². The maximum absolute atomic E-state index is 12.4. The second-order valence-electron chi connectivity index (χ2n) is 6.65. The van der Waals surface area contributed by atoms with Gasteiger partial charge >= 0.3 is 5.97 Å². The van der Waals surface area contributed by atoms with E-state index >= 15 is 0 Å². The molecule has 10 heteroatoms. The lowest BCUT2D eigenvalue weighted by Crippen LogP contribution is -2.33. The lowest BCUT2D eigenvalue weighted by molar-refractivity contribution is -0.127. The highest BCUT2D eigenvalue weighted by atomic mass is 79.9. The van der Waals surface area contributed by atoms with Gasteiger partial charge in [-0.3, -0.25) is 4.79 Å². The van der Waals surface area contributed by atoms with Gasteiger partial charge in [0.25, 0.3) is 5.91 Å². The molecule has 0 aliphatic heterocycles. The van der Waals surface area contributed by atoms with E-state index < -0.39 is 18.0 Å². The zero-order valence-electron chi connectivity index (χ0n) is 17.0. The van der Waals surface area contributed by atoms with E-state index in [2.05, 4.69) is 26.5 Å². The van der Waals surface area contributed by atoms with Crippen molar-refractivity contribution in [3.05, 3.63) is 91.3 Å². The van der Waals surface area contributed by atoms with Gasteiger partial charge in [-0.2, -0.15) is 5.10 Å². The van der Waals surface area contributed by atoms with Crippen molar-refractivity contribution in [2.45, 2.75) is 13.0 Å². The lowest BCUT2D eigenvalue weighted by atomic mass is 10.2. The number of hydrazone groups is 1. The predicted molar refractivity (Wildman–Crippen MR) is 133 cm³/mol. The Balaban J connectivity index is 1.66.